The molecule has 10 heteroatoms. The number of hydrogen-bond acceptors (Lipinski definition) is 6. The van der Waals surface area contributed by atoms with Gasteiger partial charge in [0, 0.05) is 23.6 Å². The lowest BCUT2D eigenvalue weighted by Crippen LogP contribution is -2.35. The summed E-state index contributed by atoms with van der Waals surface area (Å²) >= 11 is 6.72. The number of aryl methyl sites for hydroxylation is 1. The molecule has 0 spiro atoms. The second-order valence-electron chi connectivity index (χ2n) is 9.90. The van der Waals surface area contributed by atoms with Gasteiger partial charge in [0.25, 0.3) is 0 Å². The third-order valence-corrected chi connectivity index (χ3v) is 8.12. The molecule has 0 fully saturated rings. The fourth-order valence-corrected chi connectivity index (χ4v) is 5.55. The fourth-order valence-electron chi connectivity index (χ4n) is 4.10. The summed E-state index contributed by atoms with van der Waals surface area (Å²) in [4.78, 5) is 32.4. The average Bonchev–Trinajstić information content (AvgIpc) is 3.45. The van der Waals surface area contributed by atoms with Crippen LogP contribution in [-0.4, -0.2) is 27.3 Å². The van der Waals surface area contributed by atoms with Gasteiger partial charge in [-0.3, -0.25) is 19.6 Å². The molecule has 5 aromatic rings. The lowest BCUT2D eigenvalue weighted by molar-refractivity contribution is -0.119. The highest BCUT2D eigenvalue weighted by molar-refractivity contribution is 7.80. The lowest BCUT2D eigenvalue weighted by Gasteiger charge is -2.10. The first-order valence-corrected chi connectivity index (χ1v) is 14.8. The third kappa shape index (κ3) is 8.56. The maximum absolute atomic E-state index is 13.4. The summed E-state index contributed by atoms with van der Waals surface area (Å²) in [6, 6.07) is 18.1. The molecule has 0 saturated heterocycles. The lowest BCUT2D eigenvalue weighted by atomic mass is 9.99. The van der Waals surface area contributed by atoms with Crippen LogP contribution in [0, 0.1) is 18.6 Å². The molecule has 220 valence electrons. The molecule has 3 aromatic heterocycles. The Balaban J connectivity index is 0.000000197. The summed E-state index contributed by atoms with van der Waals surface area (Å²) in [6.45, 7) is 6.10. The maximum Gasteiger partial charge on any atom is 0.230 e. The number of aromatic nitrogens is 2. The van der Waals surface area contributed by atoms with Crippen LogP contribution in [0.5, 0.6) is 0 Å². The molecule has 5 rings (SSSR count). The molecule has 43 heavy (non-hydrogen) atoms. The Hall–Kier alpha value is -4.41. The van der Waals surface area contributed by atoms with Gasteiger partial charge in [-0.05, 0) is 96.7 Å². The van der Waals surface area contributed by atoms with E-state index in [4.69, 9.17) is 12.2 Å². The van der Waals surface area contributed by atoms with Gasteiger partial charge in [0.05, 0.1) is 27.2 Å². The Bertz CT molecular complexity index is 1740. The molecule has 1 unspecified atom stereocenters. The Morgan fingerprint density at radius 2 is 1.81 bits per heavy atom. The van der Waals surface area contributed by atoms with Gasteiger partial charge in [0.15, 0.2) is 11.4 Å². The number of rotatable bonds is 7. The zero-order valence-corrected chi connectivity index (χ0v) is 25.5. The molecule has 6 nitrogen and oxygen atoms in total. The molecule has 3 heterocycles. The molecular formula is C33H30F2N4O2S2. The predicted molar refractivity (Wildman–Crippen MR) is 173 cm³/mol. The molecule has 0 bridgehead atoms. The number of hydrogen-bond donors (Lipinski definition) is 2. The number of nitrogens with zero attached hydrogens (tertiary/aromatic N) is 2. The molecule has 0 aliphatic heterocycles. The quantitative estimate of drug-likeness (QED) is 0.142. The fraction of sp³-hybridized carbons (Fsp3) is 0.182. The van der Waals surface area contributed by atoms with E-state index in [0.717, 1.165) is 28.8 Å². The number of thiophene rings is 1. The topological polar surface area (TPSA) is 84.0 Å². The minimum absolute atomic E-state index is 0.0738. The zero-order valence-electron chi connectivity index (χ0n) is 23.9. The number of fused-ring (bicyclic) bond motifs is 1. The number of benzene rings is 2. The van der Waals surface area contributed by atoms with Crippen molar-refractivity contribution < 1.29 is 18.4 Å². The molecule has 1 amide bonds. The molecule has 0 saturated carbocycles. The monoisotopic (exact) mass is 616 g/mol. The van der Waals surface area contributed by atoms with Gasteiger partial charge in [-0.25, -0.2) is 8.78 Å². The van der Waals surface area contributed by atoms with Gasteiger partial charge < -0.3 is 10.6 Å². The number of amides is 1. The van der Waals surface area contributed by atoms with Crippen molar-refractivity contribution in [1.82, 2.24) is 15.3 Å². The van der Waals surface area contributed by atoms with Crippen LogP contribution in [0.4, 0.5) is 14.5 Å². The predicted octanol–water partition coefficient (Wildman–Crippen LogP) is 8.01. The normalized spacial score (nSPS) is 11.3. The second-order valence-corrected chi connectivity index (χ2v) is 11.4. The van der Waals surface area contributed by atoms with Crippen LogP contribution in [0.2, 0.25) is 0 Å². The van der Waals surface area contributed by atoms with Crippen LogP contribution < -0.4 is 10.6 Å². The van der Waals surface area contributed by atoms with E-state index in [1.54, 1.807) is 42.7 Å². The average molecular weight is 617 g/mol. The van der Waals surface area contributed by atoms with Gasteiger partial charge in [-0.1, -0.05) is 32.0 Å². The van der Waals surface area contributed by atoms with Crippen molar-refractivity contribution in [3.8, 4) is 10.6 Å². The van der Waals surface area contributed by atoms with Gasteiger partial charge >= 0.3 is 0 Å². The molecule has 0 aliphatic rings. The van der Waals surface area contributed by atoms with E-state index in [1.165, 1.54) is 40.6 Å². The van der Waals surface area contributed by atoms with Gasteiger partial charge in [0.1, 0.15) is 11.6 Å². The summed E-state index contributed by atoms with van der Waals surface area (Å²) in [5.74, 6) is -0.530. The first kappa shape index (κ1) is 31.5. The van der Waals surface area contributed by atoms with Crippen molar-refractivity contribution in [2.45, 2.75) is 39.5 Å². The van der Waals surface area contributed by atoms with Gasteiger partial charge in [-0.15, -0.1) is 11.3 Å². The summed E-state index contributed by atoms with van der Waals surface area (Å²) in [5, 5.41) is 5.31. The van der Waals surface area contributed by atoms with E-state index < -0.39 is 0 Å². The molecule has 2 aromatic carbocycles. The summed E-state index contributed by atoms with van der Waals surface area (Å²) in [7, 11) is 0. The van der Waals surface area contributed by atoms with Crippen molar-refractivity contribution in [2.75, 3.05) is 5.32 Å². The number of carbonyl (C=O) groups excluding carboxylic acids is 2. The van der Waals surface area contributed by atoms with Crippen molar-refractivity contribution in [2.24, 2.45) is 0 Å². The molecule has 0 aliphatic carbocycles. The molecule has 2 N–H and O–H groups in total. The van der Waals surface area contributed by atoms with E-state index in [0.29, 0.717) is 28.3 Å². The number of carbonyl (C=O) groups is 2. The Labute approximate surface area is 258 Å². The Morgan fingerprint density at radius 1 is 1.05 bits per heavy atom. The van der Waals surface area contributed by atoms with Crippen LogP contribution in [-0.2, 0) is 11.2 Å². The standard InChI is InChI=1S/C17H16N2OS.C16H14F2N2OS/c1-3-11(2)13-6-7-18-15-8-16(21-17(13)15)14-5-4-12(10-20)9-19-14;1-10-2-7-13(9-14(10)18)19-16(22)20-15(21)8-11-3-5-12(17)6-4-11/h4-11H,3H2,1-2H3;2-7,9H,8H2,1H3,(H2,19,20,21,22). The van der Waals surface area contributed by atoms with E-state index in [9.17, 15) is 18.4 Å². The van der Waals surface area contributed by atoms with E-state index in [1.807, 2.05) is 12.3 Å². The number of anilines is 1. The van der Waals surface area contributed by atoms with E-state index >= 15 is 0 Å². The maximum atomic E-state index is 13.4. The van der Waals surface area contributed by atoms with Crippen LogP contribution >= 0.6 is 23.6 Å². The van der Waals surface area contributed by atoms with Crippen molar-refractivity contribution in [1.29, 1.82) is 0 Å². The van der Waals surface area contributed by atoms with E-state index in [2.05, 4.69) is 46.6 Å². The number of halogens is 2. The zero-order chi connectivity index (χ0) is 30.9. The first-order chi connectivity index (χ1) is 20.7. The summed E-state index contributed by atoms with van der Waals surface area (Å²) in [5.41, 5.74) is 5.50. The van der Waals surface area contributed by atoms with Crippen LogP contribution in [0.15, 0.2) is 79.1 Å². The second kappa shape index (κ2) is 14.7. The number of aldehydes is 1. The summed E-state index contributed by atoms with van der Waals surface area (Å²) < 4.78 is 27.4. The van der Waals surface area contributed by atoms with Crippen LogP contribution in [0.1, 0.15) is 53.2 Å². The number of pyridine rings is 2. The van der Waals surface area contributed by atoms with Crippen LogP contribution in [0.3, 0.4) is 0 Å². The number of nitrogens with one attached hydrogen (secondary N) is 2. The number of thiocarbonyl (C=S) groups is 1. The highest BCUT2D eigenvalue weighted by atomic mass is 32.1. The summed E-state index contributed by atoms with van der Waals surface area (Å²) in [6.07, 6.45) is 5.48. The molecule has 0 radical (unpaired) electrons. The SMILES string of the molecule is CCC(C)c1ccnc2cc(-c3ccc(C=O)cn3)sc12.Cc1ccc(NC(=S)NC(=O)Cc2ccc(F)cc2)cc1F. The van der Waals surface area contributed by atoms with Gasteiger partial charge in [-0.2, -0.15) is 0 Å². The first-order valence-electron chi connectivity index (χ1n) is 13.6. The van der Waals surface area contributed by atoms with Crippen LogP contribution in [0.25, 0.3) is 20.8 Å². The Morgan fingerprint density at radius 3 is 2.47 bits per heavy atom. The van der Waals surface area contributed by atoms with Gasteiger partial charge in [0.2, 0.25) is 5.91 Å². The van der Waals surface area contributed by atoms with Crippen molar-refractivity contribution in [3.63, 3.8) is 0 Å². The Kier molecular flexibility index (Phi) is 10.7. The van der Waals surface area contributed by atoms with Crippen molar-refractivity contribution in [3.05, 3.63) is 113 Å². The highest BCUT2D eigenvalue weighted by Crippen LogP contribution is 2.36. The van der Waals surface area contributed by atoms with E-state index in [-0.39, 0.29) is 29.1 Å². The highest BCUT2D eigenvalue weighted by Gasteiger charge is 2.13. The molecule has 1 atom stereocenters. The smallest absolute Gasteiger partial charge is 0.230 e. The van der Waals surface area contributed by atoms with Crippen molar-refractivity contribution >= 4 is 56.8 Å². The molecular weight excluding hydrogens is 587 g/mol. The largest absolute Gasteiger partial charge is 0.332 e. The minimum Gasteiger partial charge on any atom is -0.332 e. The minimum atomic E-state index is -0.359. The third-order valence-electron chi connectivity index (χ3n) is 6.72.